The highest BCUT2D eigenvalue weighted by molar-refractivity contribution is 7.81. The first-order valence-corrected chi connectivity index (χ1v) is 18.9. The van der Waals surface area contributed by atoms with Crippen molar-refractivity contribution in [3.05, 3.63) is 65.9 Å². The van der Waals surface area contributed by atoms with Crippen LogP contribution < -0.4 is 43.8 Å². The van der Waals surface area contributed by atoms with Gasteiger partial charge in [-0.05, 0) is 82.8 Å². The first kappa shape index (κ1) is 46.2. The van der Waals surface area contributed by atoms with Crippen molar-refractivity contribution in [3.8, 4) is 5.75 Å². The molecule has 1 heterocycles. The van der Waals surface area contributed by atoms with Gasteiger partial charge in [0.05, 0.1) is 18.2 Å². The number of H-pyrrole nitrogens is 1. The summed E-state index contributed by atoms with van der Waals surface area (Å²) in [5.41, 5.74) is 19.4. The Kier molecular flexibility index (Phi) is 16.9. The number of carbonyl (C=O) groups excluding carboxylic acids is 6. The van der Waals surface area contributed by atoms with E-state index in [9.17, 15) is 44.1 Å². The topological polar surface area (TPSA) is 317 Å². The molecule has 18 nitrogen and oxygen atoms in total. The number of phenols is 1. The number of aromatic hydroxyl groups is 1. The van der Waals surface area contributed by atoms with Gasteiger partial charge >= 0.3 is 0 Å². The van der Waals surface area contributed by atoms with Gasteiger partial charge in [-0.3, -0.25) is 28.8 Å². The summed E-state index contributed by atoms with van der Waals surface area (Å²) in [5.74, 6) is -5.21. The van der Waals surface area contributed by atoms with Crippen LogP contribution in [0, 0.1) is 0 Å². The van der Waals surface area contributed by atoms with E-state index < -0.39 is 88.6 Å². The Balaban J connectivity index is 1.85. The number of nitrogens with one attached hydrogen (secondary N) is 6. The van der Waals surface area contributed by atoms with Crippen LogP contribution in [0.1, 0.15) is 51.7 Å². The van der Waals surface area contributed by atoms with Crippen LogP contribution in [0.25, 0.3) is 10.9 Å². The maximum absolute atomic E-state index is 14.1. The second kappa shape index (κ2) is 20.8. The fourth-order valence-electron chi connectivity index (χ4n) is 5.97. The number of carbonyl (C=O) groups is 6. The van der Waals surface area contributed by atoms with Crippen LogP contribution in [0.3, 0.4) is 0 Å². The molecule has 19 heteroatoms. The fourth-order valence-corrected chi connectivity index (χ4v) is 6.15. The fraction of sp³-hybridized carbons (Fsp3) is 0.474. The molecule has 0 spiro atoms. The predicted octanol–water partition coefficient (Wildman–Crippen LogP) is -1.90. The van der Waals surface area contributed by atoms with Gasteiger partial charge in [0.15, 0.2) is 0 Å². The summed E-state index contributed by atoms with van der Waals surface area (Å²) in [6.07, 6.45) is -0.848. The molecule has 57 heavy (non-hydrogen) atoms. The lowest BCUT2D eigenvalue weighted by atomic mass is 9.99. The number of para-hydroxylation sites is 1. The molecule has 0 saturated heterocycles. The van der Waals surface area contributed by atoms with Gasteiger partial charge < -0.3 is 64.1 Å². The van der Waals surface area contributed by atoms with Crippen molar-refractivity contribution in [2.45, 2.75) is 107 Å². The van der Waals surface area contributed by atoms with E-state index in [-0.39, 0.29) is 38.0 Å². The zero-order chi connectivity index (χ0) is 42.6. The first-order valence-electron chi connectivity index (χ1n) is 18.4. The van der Waals surface area contributed by atoms with E-state index in [1.807, 2.05) is 24.3 Å². The third-order valence-electron chi connectivity index (χ3n) is 9.20. The Morgan fingerprint density at radius 1 is 0.772 bits per heavy atom. The van der Waals surface area contributed by atoms with Crippen LogP contribution in [0.2, 0.25) is 0 Å². The molecule has 0 aliphatic heterocycles. The molecule has 0 aliphatic carbocycles. The Labute approximate surface area is 335 Å². The summed E-state index contributed by atoms with van der Waals surface area (Å²) < 4.78 is -1.28. The number of fused-ring (bicyclic) bond motifs is 1. The molecule has 0 saturated carbocycles. The van der Waals surface area contributed by atoms with Gasteiger partial charge in [-0.2, -0.15) is 12.6 Å². The molecule has 2 aromatic carbocycles. The Morgan fingerprint density at radius 2 is 1.35 bits per heavy atom. The molecule has 8 atom stereocenters. The molecule has 1 aromatic heterocycles. The van der Waals surface area contributed by atoms with Crippen molar-refractivity contribution in [1.82, 2.24) is 31.6 Å². The molecule has 0 aliphatic rings. The zero-order valence-electron chi connectivity index (χ0n) is 32.3. The molecule has 312 valence electrons. The van der Waals surface area contributed by atoms with Gasteiger partial charge in [-0.25, -0.2) is 0 Å². The van der Waals surface area contributed by atoms with Crippen molar-refractivity contribution in [2.24, 2.45) is 17.2 Å². The van der Waals surface area contributed by atoms with Crippen LogP contribution in [0.4, 0.5) is 0 Å². The normalized spacial score (nSPS) is 15.8. The van der Waals surface area contributed by atoms with Crippen LogP contribution >= 0.6 is 12.6 Å². The molecule has 0 radical (unpaired) electrons. The number of rotatable bonds is 21. The van der Waals surface area contributed by atoms with E-state index >= 15 is 0 Å². The Hall–Kier alpha value is -5.21. The minimum absolute atomic E-state index is 0.00110. The lowest BCUT2D eigenvalue weighted by molar-refractivity contribution is -0.137. The molecular weight excluding hydrogens is 759 g/mol. The highest BCUT2D eigenvalue weighted by Crippen LogP contribution is 2.21. The lowest BCUT2D eigenvalue weighted by Gasteiger charge is -2.33. The van der Waals surface area contributed by atoms with E-state index in [4.69, 9.17) is 17.2 Å². The number of amides is 6. The number of hydrogen-bond donors (Lipinski definition) is 13. The van der Waals surface area contributed by atoms with Crippen LogP contribution in [0.15, 0.2) is 54.7 Å². The quantitative estimate of drug-likeness (QED) is 0.0527. The summed E-state index contributed by atoms with van der Waals surface area (Å²) in [6, 6.07) is 5.24. The third kappa shape index (κ3) is 13.5. The van der Waals surface area contributed by atoms with Crippen LogP contribution in [-0.2, 0) is 41.6 Å². The average Bonchev–Trinajstić information content (AvgIpc) is 3.55. The predicted molar refractivity (Wildman–Crippen MR) is 215 cm³/mol. The van der Waals surface area contributed by atoms with Crippen LogP contribution in [0.5, 0.6) is 5.75 Å². The van der Waals surface area contributed by atoms with E-state index in [0.29, 0.717) is 11.1 Å². The minimum atomic E-state index is -1.66. The van der Waals surface area contributed by atoms with E-state index in [0.717, 1.165) is 10.9 Å². The van der Waals surface area contributed by atoms with Gasteiger partial charge in [0.25, 0.3) is 0 Å². The lowest BCUT2D eigenvalue weighted by Crippen LogP contribution is -2.64. The maximum atomic E-state index is 14.1. The maximum Gasteiger partial charge on any atom is 0.245 e. The average molecular weight is 814 g/mol. The summed E-state index contributed by atoms with van der Waals surface area (Å²) in [7, 11) is 0. The second-order valence-corrected chi connectivity index (χ2v) is 15.7. The van der Waals surface area contributed by atoms with Crippen LogP contribution in [-0.4, -0.2) is 115 Å². The molecule has 6 amide bonds. The summed E-state index contributed by atoms with van der Waals surface area (Å²) in [6.45, 7) is 5.57. The summed E-state index contributed by atoms with van der Waals surface area (Å²) in [4.78, 5) is 83.1. The monoisotopic (exact) mass is 813 g/mol. The summed E-state index contributed by atoms with van der Waals surface area (Å²) in [5, 5.41) is 43.5. The number of primary amides is 1. The highest BCUT2D eigenvalue weighted by atomic mass is 32.1. The number of aliphatic hydroxyl groups excluding tert-OH is 2. The second-order valence-electron chi connectivity index (χ2n) is 14.5. The van der Waals surface area contributed by atoms with Gasteiger partial charge in [0.2, 0.25) is 35.4 Å². The Bertz CT molecular complexity index is 1860. The third-order valence-corrected chi connectivity index (χ3v) is 9.45. The number of aliphatic hydroxyl groups is 2. The van der Waals surface area contributed by atoms with Gasteiger partial charge in [0, 0.05) is 28.3 Å². The smallest absolute Gasteiger partial charge is 0.245 e. The number of hydrogen-bond acceptors (Lipinski definition) is 12. The zero-order valence-corrected chi connectivity index (χ0v) is 33.2. The van der Waals surface area contributed by atoms with E-state index in [1.54, 1.807) is 18.3 Å². The molecule has 3 aromatic rings. The number of phenolic OH excluding ortho intramolecular Hbond substituents is 1. The molecule has 0 bridgehead atoms. The number of nitrogens with two attached hydrogens (primary N) is 3. The highest BCUT2D eigenvalue weighted by Gasteiger charge is 2.39. The van der Waals surface area contributed by atoms with Gasteiger partial charge in [-0.1, -0.05) is 30.3 Å². The molecular formula is C38H55N9O9S. The van der Waals surface area contributed by atoms with Gasteiger partial charge in [-0.15, -0.1) is 0 Å². The minimum Gasteiger partial charge on any atom is -0.508 e. The number of benzene rings is 2. The summed E-state index contributed by atoms with van der Waals surface area (Å²) >= 11 is 4.41. The molecule has 0 unspecified atom stereocenters. The SMILES string of the molecule is C[C@@H](O)[C@H](NC(=O)[C@@H](NC(=O)[C@@H](NC(=O)[C@H](CCCN)NC(=O)[C@@H](Cc1c[nH]c2ccccc12)NC(=O)[C@@H](N)Cc1ccc(O)cc1)[C@@H](C)O)C(C)(C)S)C(N)=O. The van der Waals surface area contributed by atoms with Crippen molar-refractivity contribution >= 4 is 59.0 Å². The van der Waals surface area contributed by atoms with Crippen molar-refractivity contribution in [1.29, 1.82) is 0 Å². The number of thiol groups is 1. The molecule has 0 fully saturated rings. The van der Waals surface area contributed by atoms with E-state index in [1.165, 1.54) is 39.8 Å². The number of aromatic amines is 1. The Morgan fingerprint density at radius 3 is 1.93 bits per heavy atom. The van der Waals surface area contributed by atoms with Crippen molar-refractivity contribution in [2.75, 3.05) is 6.54 Å². The van der Waals surface area contributed by atoms with Gasteiger partial charge in [0.1, 0.15) is 36.0 Å². The molecule has 3 rings (SSSR count). The molecule has 15 N–H and O–H groups in total. The van der Waals surface area contributed by atoms with E-state index in [2.05, 4.69) is 44.2 Å². The standard InChI is InChI=1S/C38H55N9O9S/c1-19(48)29(32(41)51)45-37(56)31(38(3,4)57)47-36(55)30(20(2)49)46-34(53)27(10-7-15-39)43-35(54)28(17-22-18-42-26-9-6-5-8-24(22)26)44-33(52)25(40)16-21-11-13-23(50)14-12-21/h5-6,8-9,11-14,18-20,25,27-31,42,48-50,57H,7,10,15-17,39-40H2,1-4H3,(H2,41,51)(H,43,54)(H,44,52)(H,45,56)(H,46,53)(H,47,55)/t19-,20-,25+,27+,28-,29+,30+,31-/m1/s1. The first-order chi connectivity index (χ1) is 26.7. The largest absolute Gasteiger partial charge is 0.508 e. The number of aromatic nitrogens is 1. The van der Waals surface area contributed by atoms with Crippen molar-refractivity contribution < 1.29 is 44.1 Å². The van der Waals surface area contributed by atoms with Crippen molar-refractivity contribution in [3.63, 3.8) is 0 Å².